The first kappa shape index (κ1) is 40.2. The van der Waals surface area contributed by atoms with Crippen molar-refractivity contribution in [1.29, 1.82) is 0 Å². The molecule has 3 amide bonds. The smallest absolute Gasteiger partial charge is 0.306 e. The standard InChI is InChI=1S/C33H61N5O7S/c1-9-11-25(36(5)29(40)21-35-32(41)30(22(2)3)37-17-14-34-15-18-37)27(44-6)20-28(39)38-16-10-12-26(38)31(45-7)23(4)24(33(42)43)13-19-46-8/h22-27,30-31,34H,9-21H2,1-8H3,(H,35,41)(H,42,43). The van der Waals surface area contributed by atoms with Crippen LogP contribution in [0.25, 0.3) is 0 Å². The van der Waals surface area contributed by atoms with Crippen LogP contribution in [0.1, 0.15) is 66.2 Å². The highest BCUT2D eigenvalue weighted by atomic mass is 32.2. The second kappa shape index (κ2) is 20.4. The molecule has 0 spiro atoms. The van der Waals surface area contributed by atoms with E-state index in [1.165, 1.54) is 0 Å². The molecule has 2 aliphatic heterocycles. The largest absolute Gasteiger partial charge is 0.481 e. The normalized spacial score (nSPS) is 21.3. The van der Waals surface area contributed by atoms with Gasteiger partial charge in [-0.25, -0.2) is 0 Å². The van der Waals surface area contributed by atoms with Crippen LogP contribution in [0.3, 0.4) is 0 Å². The molecular formula is C33H61N5O7S. The molecule has 0 saturated carbocycles. The minimum atomic E-state index is -0.839. The minimum Gasteiger partial charge on any atom is -0.481 e. The number of nitrogens with one attached hydrogen (secondary N) is 2. The number of likely N-dealkylation sites (N-methyl/N-ethyl adjacent to an activating group) is 1. The summed E-state index contributed by atoms with van der Waals surface area (Å²) in [5.74, 6) is -1.32. The molecule has 0 aromatic heterocycles. The average molecular weight is 672 g/mol. The van der Waals surface area contributed by atoms with Gasteiger partial charge in [0.2, 0.25) is 17.7 Å². The Hall–Kier alpha value is -1.93. The third-order valence-corrected chi connectivity index (χ3v) is 10.5. The Bertz CT molecular complexity index is 967. The van der Waals surface area contributed by atoms with Crippen LogP contribution in [0.15, 0.2) is 0 Å². The number of likely N-dealkylation sites (tertiary alicyclic amines) is 1. The molecule has 2 fully saturated rings. The molecule has 13 heteroatoms. The molecule has 46 heavy (non-hydrogen) atoms. The Balaban J connectivity index is 2.11. The lowest BCUT2D eigenvalue weighted by Gasteiger charge is -2.38. The number of thioether (sulfide) groups is 1. The van der Waals surface area contributed by atoms with E-state index in [4.69, 9.17) is 9.47 Å². The van der Waals surface area contributed by atoms with Gasteiger partial charge in [0.1, 0.15) is 0 Å². The highest BCUT2D eigenvalue weighted by molar-refractivity contribution is 7.98. The molecular weight excluding hydrogens is 610 g/mol. The lowest BCUT2D eigenvalue weighted by atomic mass is 9.83. The quantitative estimate of drug-likeness (QED) is 0.176. The number of carboxylic acids is 1. The van der Waals surface area contributed by atoms with E-state index in [2.05, 4.69) is 15.5 Å². The number of piperazine rings is 1. The molecule has 7 atom stereocenters. The number of hydrogen-bond acceptors (Lipinski definition) is 9. The Kier molecular flexibility index (Phi) is 17.9. The number of carbonyl (C=O) groups excluding carboxylic acids is 3. The monoisotopic (exact) mass is 671 g/mol. The molecule has 0 radical (unpaired) electrons. The Morgan fingerprint density at radius 1 is 1.07 bits per heavy atom. The van der Waals surface area contributed by atoms with E-state index in [1.807, 2.05) is 38.9 Å². The van der Waals surface area contributed by atoms with Gasteiger partial charge in [0.05, 0.1) is 49.2 Å². The van der Waals surface area contributed by atoms with E-state index in [1.54, 1.807) is 37.9 Å². The lowest BCUT2D eigenvalue weighted by molar-refractivity contribution is -0.148. The summed E-state index contributed by atoms with van der Waals surface area (Å²) in [4.78, 5) is 58.2. The van der Waals surface area contributed by atoms with Crippen molar-refractivity contribution in [3.05, 3.63) is 0 Å². The predicted molar refractivity (Wildman–Crippen MR) is 182 cm³/mol. The number of methoxy groups -OCH3 is 2. The summed E-state index contributed by atoms with van der Waals surface area (Å²) >= 11 is 1.62. The molecule has 2 rings (SSSR count). The van der Waals surface area contributed by atoms with Crippen molar-refractivity contribution < 1.29 is 33.8 Å². The number of nitrogens with zero attached hydrogens (tertiary/aromatic N) is 3. The summed E-state index contributed by atoms with van der Waals surface area (Å²) < 4.78 is 11.8. The minimum absolute atomic E-state index is 0.0830. The Morgan fingerprint density at radius 2 is 1.74 bits per heavy atom. The van der Waals surface area contributed by atoms with E-state index in [-0.39, 0.29) is 60.6 Å². The van der Waals surface area contributed by atoms with Crippen LogP contribution < -0.4 is 10.6 Å². The lowest BCUT2D eigenvalue weighted by Crippen LogP contribution is -2.57. The van der Waals surface area contributed by atoms with Gasteiger partial charge in [-0.15, -0.1) is 0 Å². The zero-order chi connectivity index (χ0) is 34.4. The van der Waals surface area contributed by atoms with Gasteiger partial charge in [0, 0.05) is 54.0 Å². The van der Waals surface area contributed by atoms with Crippen LogP contribution in [0.4, 0.5) is 0 Å². The van der Waals surface area contributed by atoms with E-state index in [9.17, 15) is 24.3 Å². The first-order chi connectivity index (χ1) is 21.9. The molecule has 0 aliphatic carbocycles. The van der Waals surface area contributed by atoms with Crippen molar-refractivity contribution in [2.45, 2.75) is 96.6 Å². The van der Waals surface area contributed by atoms with Crippen molar-refractivity contribution in [2.24, 2.45) is 17.8 Å². The first-order valence-electron chi connectivity index (χ1n) is 17.0. The molecule has 2 aliphatic rings. The molecule has 3 N–H and O–H groups in total. The number of rotatable bonds is 20. The summed E-state index contributed by atoms with van der Waals surface area (Å²) in [5, 5.41) is 16.1. The van der Waals surface area contributed by atoms with Crippen LogP contribution in [-0.4, -0.2) is 146 Å². The summed E-state index contributed by atoms with van der Waals surface area (Å²) in [7, 11) is 4.87. The number of carboxylic acid groups (broad SMARTS) is 1. The van der Waals surface area contributed by atoms with Gasteiger partial charge in [-0.2, -0.15) is 11.8 Å². The summed E-state index contributed by atoms with van der Waals surface area (Å²) in [6.45, 7) is 11.7. The number of carbonyl (C=O) groups is 4. The molecule has 0 aromatic carbocycles. The predicted octanol–water partition coefficient (Wildman–Crippen LogP) is 2.16. The van der Waals surface area contributed by atoms with Crippen LogP contribution in [0.5, 0.6) is 0 Å². The third-order valence-electron chi connectivity index (χ3n) is 9.82. The van der Waals surface area contributed by atoms with Crippen LogP contribution in [0.2, 0.25) is 0 Å². The van der Waals surface area contributed by atoms with Crippen molar-refractivity contribution >= 4 is 35.5 Å². The maximum absolute atomic E-state index is 13.9. The maximum Gasteiger partial charge on any atom is 0.306 e. The topological polar surface area (TPSA) is 141 Å². The first-order valence-corrected chi connectivity index (χ1v) is 18.4. The van der Waals surface area contributed by atoms with Gasteiger partial charge >= 0.3 is 5.97 Å². The third kappa shape index (κ3) is 11.1. The zero-order valence-electron chi connectivity index (χ0n) is 29.5. The average Bonchev–Trinajstić information content (AvgIpc) is 3.51. The molecule has 266 valence electrons. The number of amides is 3. The fourth-order valence-corrected chi connectivity index (χ4v) is 7.76. The number of ether oxygens (including phenoxy) is 2. The van der Waals surface area contributed by atoms with Crippen molar-refractivity contribution in [3.63, 3.8) is 0 Å². The molecule has 0 bridgehead atoms. The van der Waals surface area contributed by atoms with Crippen molar-refractivity contribution in [2.75, 3.05) is 72.5 Å². The van der Waals surface area contributed by atoms with Gasteiger partial charge in [-0.3, -0.25) is 24.1 Å². The highest BCUT2D eigenvalue weighted by Crippen LogP contribution is 2.32. The molecule has 0 aromatic rings. The summed E-state index contributed by atoms with van der Waals surface area (Å²) in [6.07, 6.45) is 4.59. The zero-order valence-corrected chi connectivity index (χ0v) is 30.3. The second-order valence-electron chi connectivity index (χ2n) is 13.1. The molecule has 2 saturated heterocycles. The maximum atomic E-state index is 13.9. The Morgan fingerprint density at radius 3 is 2.28 bits per heavy atom. The fourth-order valence-electron chi connectivity index (χ4n) is 7.27. The van der Waals surface area contributed by atoms with E-state index in [0.29, 0.717) is 19.4 Å². The number of hydrogen-bond donors (Lipinski definition) is 3. The molecule has 7 unspecified atom stereocenters. The van der Waals surface area contributed by atoms with Gasteiger partial charge in [0.15, 0.2) is 0 Å². The van der Waals surface area contributed by atoms with Crippen LogP contribution in [-0.2, 0) is 28.7 Å². The second-order valence-corrected chi connectivity index (χ2v) is 14.1. The van der Waals surface area contributed by atoms with Gasteiger partial charge in [0.25, 0.3) is 0 Å². The Labute approximate surface area is 281 Å². The van der Waals surface area contributed by atoms with Crippen molar-refractivity contribution in [3.8, 4) is 0 Å². The summed E-state index contributed by atoms with van der Waals surface area (Å²) in [5.41, 5.74) is 0. The van der Waals surface area contributed by atoms with Crippen molar-refractivity contribution in [1.82, 2.24) is 25.3 Å². The molecule has 2 heterocycles. The summed E-state index contributed by atoms with van der Waals surface area (Å²) in [6, 6.07) is -0.900. The van der Waals surface area contributed by atoms with Crippen LogP contribution >= 0.6 is 11.8 Å². The van der Waals surface area contributed by atoms with E-state index in [0.717, 1.165) is 51.2 Å². The van der Waals surface area contributed by atoms with E-state index >= 15 is 0 Å². The highest BCUT2D eigenvalue weighted by Gasteiger charge is 2.42. The SMILES string of the molecule is CCCC(C(CC(=O)N1CCCC1C(OC)C(C)C(CCSC)C(=O)O)OC)N(C)C(=O)CNC(=O)C(C(C)C)N1CCNCC1. The van der Waals surface area contributed by atoms with Gasteiger partial charge in [-0.1, -0.05) is 34.1 Å². The molecule has 12 nitrogen and oxygen atoms in total. The van der Waals surface area contributed by atoms with Gasteiger partial charge in [-0.05, 0) is 49.5 Å². The number of aliphatic carboxylic acids is 1. The fraction of sp³-hybridized carbons (Fsp3) is 0.879. The van der Waals surface area contributed by atoms with Crippen LogP contribution in [0, 0.1) is 17.8 Å². The van der Waals surface area contributed by atoms with Gasteiger partial charge < -0.3 is 35.0 Å². The van der Waals surface area contributed by atoms with E-state index < -0.39 is 24.1 Å².